The van der Waals surface area contributed by atoms with Gasteiger partial charge in [-0.3, -0.25) is 4.79 Å². The molecule has 1 fully saturated rings. The molecule has 8 heteroatoms. The molecule has 8 nitrogen and oxygen atoms in total. The van der Waals surface area contributed by atoms with E-state index < -0.39 is 5.91 Å². The van der Waals surface area contributed by atoms with Crippen molar-refractivity contribution in [3.05, 3.63) is 66.0 Å². The SMILES string of the molecule is COc1ccccc1Oc1ccc(-c2[nH]c3c(C4CNC4)cnn3c2C(N)=O)cc1. The quantitative estimate of drug-likeness (QED) is 0.459. The number of para-hydroxylation sites is 2. The fraction of sp³-hybridized carbons (Fsp3) is 0.182. The molecule has 2 aromatic heterocycles. The Balaban J connectivity index is 1.50. The van der Waals surface area contributed by atoms with Gasteiger partial charge in [-0.25, -0.2) is 4.52 Å². The van der Waals surface area contributed by atoms with E-state index in [4.69, 9.17) is 15.2 Å². The number of aromatic nitrogens is 3. The Morgan fingerprint density at radius 3 is 2.50 bits per heavy atom. The number of nitrogens with zero attached hydrogens (tertiary/aromatic N) is 2. The number of amides is 1. The van der Waals surface area contributed by atoms with Crippen LogP contribution in [-0.2, 0) is 0 Å². The van der Waals surface area contributed by atoms with Crippen LogP contribution in [-0.4, -0.2) is 40.7 Å². The summed E-state index contributed by atoms with van der Waals surface area (Å²) in [5, 5.41) is 7.66. The van der Waals surface area contributed by atoms with E-state index in [1.807, 2.05) is 48.5 Å². The smallest absolute Gasteiger partial charge is 0.269 e. The van der Waals surface area contributed by atoms with Crippen LogP contribution in [0.2, 0.25) is 0 Å². The molecule has 4 aromatic rings. The molecule has 1 aliphatic rings. The molecule has 0 radical (unpaired) electrons. The highest BCUT2D eigenvalue weighted by Crippen LogP contribution is 2.33. The van der Waals surface area contributed by atoms with Crippen LogP contribution in [0.4, 0.5) is 0 Å². The van der Waals surface area contributed by atoms with Crippen molar-refractivity contribution >= 4 is 11.6 Å². The number of hydrogen-bond donors (Lipinski definition) is 3. The molecule has 3 heterocycles. The first-order chi connectivity index (χ1) is 14.7. The van der Waals surface area contributed by atoms with E-state index in [0.717, 1.165) is 29.9 Å². The minimum Gasteiger partial charge on any atom is -0.493 e. The van der Waals surface area contributed by atoms with E-state index >= 15 is 0 Å². The molecule has 0 unspecified atom stereocenters. The number of H-pyrrole nitrogens is 1. The standard InChI is InChI=1S/C22H21N5O3/c1-29-17-4-2-3-5-18(17)30-15-8-6-13(7-9-15)19-20(21(23)28)27-22(26-19)16(12-25-27)14-10-24-11-14/h2-9,12,14,24,26H,10-11H2,1H3,(H2,23,28). The second kappa shape index (κ2) is 7.23. The molecule has 1 amide bonds. The summed E-state index contributed by atoms with van der Waals surface area (Å²) in [7, 11) is 1.60. The lowest BCUT2D eigenvalue weighted by molar-refractivity contribution is 0.0994. The highest BCUT2D eigenvalue weighted by Gasteiger charge is 2.27. The van der Waals surface area contributed by atoms with Gasteiger partial charge in [0.1, 0.15) is 11.4 Å². The highest BCUT2D eigenvalue weighted by molar-refractivity contribution is 5.98. The van der Waals surface area contributed by atoms with Crippen LogP contribution < -0.4 is 20.5 Å². The molecule has 5 rings (SSSR count). The van der Waals surface area contributed by atoms with Gasteiger partial charge in [0.2, 0.25) is 0 Å². The Labute approximate surface area is 172 Å². The lowest BCUT2D eigenvalue weighted by atomic mass is 9.96. The number of nitrogens with two attached hydrogens (primary N) is 1. The second-order valence-electron chi connectivity index (χ2n) is 7.21. The van der Waals surface area contributed by atoms with Gasteiger partial charge in [-0.2, -0.15) is 5.10 Å². The van der Waals surface area contributed by atoms with Gasteiger partial charge in [-0.1, -0.05) is 12.1 Å². The number of primary amides is 1. The van der Waals surface area contributed by atoms with E-state index in [9.17, 15) is 4.79 Å². The first-order valence-electron chi connectivity index (χ1n) is 9.67. The van der Waals surface area contributed by atoms with E-state index in [1.165, 1.54) is 0 Å². The number of imidazole rings is 1. The minimum absolute atomic E-state index is 0.335. The number of methoxy groups -OCH3 is 1. The number of rotatable bonds is 6. The average molecular weight is 403 g/mol. The van der Waals surface area contributed by atoms with Crippen LogP contribution in [0.5, 0.6) is 17.2 Å². The van der Waals surface area contributed by atoms with Gasteiger partial charge < -0.3 is 25.5 Å². The largest absolute Gasteiger partial charge is 0.493 e. The molecule has 0 aliphatic carbocycles. The van der Waals surface area contributed by atoms with Crippen LogP contribution in [0.15, 0.2) is 54.7 Å². The van der Waals surface area contributed by atoms with Crippen molar-refractivity contribution in [2.75, 3.05) is 20.2 Å². The predicted octanol–water partition coefficient (Wildman–Crippen LogP) is 2.92. The number of hydrogen-bond acceptors (Lipinski definition) is 5. The van der Waals surface area contributed by atoms with E-state index in [0.29, 0.717) is 34.6 Å². The van der Waals surface area contributed by atoms with Crippen molar-refractivity contribution in [3.63, 3.8) is 0 Å². The molecule has 30 heavy (non-hydrogen) atoms. The number of nitrogens with one attached hydrogen (secondary N) is 2. The molecule has 4 N–H and O–H groups in total. The molecule has 152 valence electrons. The number of ether oxygens (including phenoxy) is 2. The Morgan fingerprint density at radius 1 is 1.13 bits per heavy atom. The lowest BCUT2D eigenvalue weighted by Gasteiger charge is -2.25. The van der Waals surface area contributed by atoms with Gasteiger partial charge in [0, 0.05) is 30.1 Å². The zero-order chi connectivity index (χ0) is 20.7. The van der Waals surface area contributed by atoms with E-state index in [2.05, 4.69) is 15.4 Å². The van der Waals surface area contributed by atoms with Crippen molar-refractivity contribution in [2.45, 2.75) is 5.92 Å². The Hall–Kier alpha value is -3.78. The normalized spacial score (nSPS) is 13.9. The van der Waals surface area contributed by atoms with Crippen molar-refractivity contribution in [1.29, 1.82) is 0 Å². The molecule has 0 saturated carbocycles. The fourth-order valence-corrected chi connectivity index (χ4v) is 3.70. The number of fused-ring (bicyclic) bond motifs is 1. The van der Waals surface area contributed by atoms with Crippen LogP contribution in [0.1, 0.15) is 22.0 Å². The first-order valence-corrected chi connectivity index (χ1v) is 9.67. The zero-order valence-electron chi connectivity index (χ0n) is 16.4. The average Bonchev–Trinajstić information content (AvgIpc) is 3.28. The van der Waals surface area contributed by atoms with Crippen molar-refractivity contribution in [1.82, 2.24) is 19.9 Å². The summed E-state index contributed by atoms with van der Waals surface area (Å²) < 4.78 is 12.9. The Bertz CT molecular complexity index is 1220. The van der Waals surface area contributed by atoms with Crippen LogP contribution >= 0.6 is 0 Å². The summed E-state index contributed by atoms with van der Waals surface area (Å²) in [6.45, 7) is 1.80. The Morgan fingerprint density at radius 2 is 1.87 bits per heavy atom. The van der Waals surface area contributed by atoms with E-state index in [-0.39, 0.29) is 0 Å². The minimum atomic E-state index is -0.535. The third-order valence-electron chi connectivity index (χ3n) is 5.38. The summed E-state index contributed by atoms with van der Waals surface area (Å²) in [4.78, 5) is 15.6. The Kier molecular flexibility index (Phi) is 4.40. The second-order valence-corrected chi connectivity index (χ2v) is 7.21. The summed E-state index contributed by atoms with van der Waals surface area (Å²) >= 11 is 0. The molecule has 0 bridgehead atoms. The highest BCUT2D eigenvalue weighted by atomic mass is 16.5. The van der Waals surface area contributed by atoms with Gasteiger partial charge in [0.05, 0.1) is 19.0 Å². The summed E-state index contributed by atoms with van der Waals surface area (Å²) in [6, 6.07) is 14.9. The molecule has 1 aliphatic heterocycles. The monoisotopic (exact) mass is 403 g/mol. The molecular weight excluding hydrogens is 382 g/mol. The molecule has 2 aromatic carbocycles. The summed E-state index contributed by atoms with van der Waals surface area (Å²) in [5.74, 6) is 1.78. The van der Waals surface area contributed by atoms with E-state index in [1.54, 1.807) is 17.8 Å². The predicted molar refractivity (Wildman–Crippen MR) is 112 cm³/mol. The van der Waals surface area contributed by atoms with Gasteiger partial charge in [-0.05, 0) is 36.4 Å². The maximum atomic E-state index is 12.2. The molecule has 0 atom stereocenters. The van der Waals surface area contributed by atoms with Gasteiger partial charge in [-0.15, -0.1) is 0 Å². The maximum absolute atomic E-state index is 12.2. The fourth-order valence-electron chi connectivity index (χ4n) is 3.70. The van der Waals surface area contributed by atoms with Crippen LogP contribution in [0.25, 0.3) is 16.9 Å². The topological polar surface area (TPSA) is 107 Å². The van der Waals surface area contributed by atoms with Gasteiger partial charge in [0.15, 0.2) is 17.2 Å². The summed E-state index contributed by atoms with van der Waals surface area (Å²) in [5.41, 5.74) is 9.37. The van der Waals surface area contributed by atoms with Crippen LogP contribution in [0, 0.1) is 0 Å². The number of carbonyl (C=O) groups excluding carboxylic acids is 1. The number of aromatic amines is 1. The van der Waals surface area contributed by atoms with Crippen LogP contribution in [0.3, 0.4) is 0 Å². The number of carbonyl (C=O) groups is 1. The van der Waals surface area contributed by atoms with Crippen molar-refractivity contribution in [3.8, 4) is 28.5 Å². The van der Waals surface area contributed by atoms with Gasteiger partial charge >= 0.3 is 0 Å². The maximum Gasteiger partial charge on any atom is 0.269 e. The van der Waals surface area contributed by atoms with Gasteiger partial charge in [0.25, 0.3) is 5.91 Å². The third kappa shape index (κ3) is 2.98. The third-order valence-corrected chi connectivity index (χ3v) is 5.38. The molecular formula is C22H21N5O3. The lowest BCUT2D eigenvalue weighted by Crippen LogP contribution is -2.39. The number of benzene rings is 2. The van der Waals surface area contributed by atoms with Crippen molar-refractivity contribution < 1.29 is 14.3 Å². The van der Waals surface area contributed by atoms with Crippen molar-refractivity contribution in [2.24, 2.45) is 5.73 Å². The summed E-state index contributed by atoms with van der Waals surface area (Å²) in [6.07, 6.45) is 1.80. The molecule has 0 spiro atoms. The zero-order valence-corrected chi connectivity index (χ0v) is 16.4. The molecule has 1 saturated heterocycles. The first kappa shape index (κ1) is 18.3.